The molecule has 0 spiro atoms. The van der Waals surface area contributed by atoms with Crippen LogP contribution >= 0.6 is 27.5 Å². The minimum atomic E-state index is -1.46. The molecule has 0 saturated carbocycles. The molecule has 1 aromatic heterocycles. The van der Waals surface area contributed by atoms with Gasteiger partial charge in [-0.3, -0.25) is 4.68 Å². The van der Waals surface area contributed by atoms with Gasteiger partial charge in [-0.2, -0.15) is 5.10 Å². The maximum atomic E-state index is 13.8. The Morgan fingerprint density at radius 1 is 1.28 bits per heavy atom. The minimum absolute atomic E-state index is 0.0794. The summed E-state index contributed by atoms with van der Waals surface area (Å²) in [5.74, 6) is -3.76. The maximum Gasteiger partial charge on any atom is 0.181 e. The van der Waals surface area contributed by atoms with Crippen LogP contribution in [0.3, 0.4) is 0 Å². The molecule has 18 heavy (non-hydrogen) atoms. The molecular weight excluding hydrogens is 334 g/mol. The van der Waals surface area contributed by atoms with Gasteiger partial charge in [-0.1, -0.05) is 11.6 Å². The summed E-state index contributed by atoms with van der Waals surface area (Å²) in [7, 11) is 1.52. The number of benzene rings is 1. The lowest BCUT2D eigenvalue weighted by Gasteiger charge is -2.09. The lowest BCUT2D eigenvalue weighted by atomic mass is 10.1. The molecule has 0 saturated heterocycles. The average Bonchev–Trinajstić information content (AvgIpc) is 2.66. The van der Waals surface area contributed by atoms with Crippen LogP contribution in [0, 0.1) is 17.5 Å². The number of halogens is 5. The van der Waals surface area contributed by atoms with Gasteiger partial charge in [0.2, 0.25) is 0 Å². The highest BCUT2D eigenvalue weighted by Gasteiger charge is 2.25. The second-order valence-electron chi connectivity index (χ2n) is 3.51. The van der Waals surface area contributed by atoms with Crippen molar-refractivity contribution in [3.8, 4) is 11.1 Å². The van der Waals surface area contributed by atoms with E-state index in [2.05, 4.69) is 21.0 Å². The van der Waals surface area contributed by atoms with Gasteiger partial charge in [-0.05, 0) is 15.9 Å². The van der Waals surface area contributed by atoms with Crippen LogP contribution in [0.5, 0.6) is 0 Å². The molecule has 2 aromatic rings. The molecule has 0 unspecified atom stereocenters. The molecule has 0 atom stereocenters. The summed E-state index contributed by atoms with van der Waals surface area (Å²) >= 11 is 8.16. The fourth-order valence-electron chi connectivity index (χ4n) is 1.48. The summed E-state index contributed by atoms with van der Waals surface area (Å²) in [6, 6.07) is 0. The summed E-state index contributed by atoms with van der Waals surface area (Å²) in [5.41, 5.74) is 5.38. The third-order valence-electron chi connectivity index (χ3n) is 2.46. The number of hydrogen-bond donors (Lipinski definition) is 1. The monoisotopic (exact) mass is 339 g/mol. The zero-order valence-corrected chi connectivity index (χ0v) is 11.3. The molecule has 1 heterocycles. The van der Waals surface area contributed by atoms with Gasteiger partial charge < -0.3 is 5.73 Å². The predicted molar refractivity (Wildman–Crippen MR) is 65.6 cm³/mol. The van der Waals surface area contributed by atoms with E-state index in [0.717, 1.165) is 0 Å². The van der Waals surface area contributed by atoms with E-state index in [9.17, 15) is 13.2 Å². The van der Waals surface area contributed by atoms with Crippen molar-refractivity contribution in [3.05, 3.63) is 33.1 Å². The second kappa shape index (κ2) is 4.47. The van der Waals surface area contributed by atoms with Gasteiger partial charge in [0.1, 0.15) is 10.8 Å². The lowest BCUT2D eigenvalue weighted by Crippen LogP contribution is -2.01. The lowest BCUT2D eigenvalue weighted by molar-refractivity contribution is 0.496. The highest BCUT2D eigenvalue weighted by molar-refractivity contribution is 9.10. The Kier molecular flexibility index (Phi) is 3.29. The number of nitrogens with zero attached hydrogens (tertiary/aromatic N) is 2. The quantitative estimate of drug-likeness (QED) is 0.638. The fourth-order valence-corrected chi connectivity index (χ4v) is 2.36. The van der Waals surface area contributed by atoms with Crippen LogP contribution in [0.1, 0.15) is 0 Å². The Hall–Kier alpha value is -1.21. The number of anilines is 1. The zero-order valence-electron chi connectivity index (χ0n) is 8.94. The Morgan fingerprint density at radius 2 is 1.89 bits per heavy atom. The van der Waals surface area contributed by atoms with Crippen LogP contribution in [-0.2, 0) is 7.05 Å². The van der Waals surface area contributed by atoms with E-state index < -0.39 is 22.5 Å². The van der Waals surface area contributed by atoms with E-state index in [1.807, 2.05) is 0 Å². The molecule has 2 rings (SSSR count). The van der Waals surface area contributed by atoms with Crippen LogP contribution in [0.25, 0.3) is 11.1 Å². The Bertz CT molecular complexity index is 613. The van der Waals surface area contributed by atoms with Crippen LogP contribution in [0.15, 0.2) is 10.7 Å². The van der Waals surface area contributed by atoms with Crippen molar-refractivity contribution >= 4 is 33.3 Å². The molecular formula is C10H6BrClF3N3. The summed E-state index contributed by atoms with van der Waals surface area (Å²) in [6.45, 7) is 0. The highest BCUT2D eigenvalue weighted by Crippen LogP contribution is 2.40. The van der Waals surface area contributed by atoms with E-state index >= 15 is 0 Å². The fraction of sp³-hybridized carbons (Fsp3) is 0.100. The van der Waals surface area contributed by atoms with Crippen LogP contribution in [0.2, 0.25) is 5.02 Å². The second-order valence-corrected chi connectivity index (χ2v) is 4.68. The van der Waals surface area contributed by atoms with Crippen molar-refractivity contribution in [2.75, 3.05) is 5.73 Å². The summed E-state index contributed by atoms with van der Waals surface area (Å²) < 4.78 is 41.8. The van der Waals surface area contributed by atoms with E-state index in [1.165, 1.54) is 17.9 Å². The first kappa shape index (κ1) is 13.2. The van der Waals surface area contributed by atoms with Gasteiger partial charge in [-0.25, -0.2) is 13.2 Å². The summed E-state index contributed by atoms with van der Waals surface area (Å²) in [6.07, 6.45) is 1.21. The Balaban J connectivity index is 2.84. The predicted octanol–water partition coefficient (Wildman–Crippen LogP) is 3.50. The third kappa shape index (κ3) is 1.78. The van der Waals surface area contributed by atoms with Gasteiger partial charge in [0, 0.05) is 18.2 Å². The maximum absolute atomic E-state index is 13.8. The van der Waals surface area contributed by atoms with Crippen molar-refractivity contribution in [1.29, 1.82) is 0 Å². The van der Waals surface area contributed by atoms with Crippen molar-refractivity contribution in [1.82, 2.24) is 9.78 Å². The zero-order chi connectivity index (χ0) is 13.6. The first-order valence-corrected chi connectivity index (χ1v) is 5.82. The van der Waals surface area contributed by atoms with Gasteiger partial charge in [-0.15, -0.1) is 0 Å². The number of hydrogen-bond acceptors (Lipinski definition) is 2. The van der Waals surface area contributed by atoms with Crippen LogP contribution in [0.4, 0.5) is 19.0 Å². The summed E-state index contributed by atoms with van der Waals surface area (Å²) in [4.78, 5) is 0. The minimum Gasteiger partial charge on any atom is -0.383 e. The SMILES string of the molecule is Cn1ncc(-c2c(F)c(F)c(Cl)c(F)c2Br)c1N. The Morgan fingerprint density at radius 3 is 2.39 bits per heavy atom. The van der Waals surface area contributed by atoms with Crippen molar-refractivity contribution in [2.45, 2.75) is 0 Å². The average molecular weight is 341 g/mol. The largest absolute Gasteiger partial charge is 0.383 e. The number of rotatable bonds is 1. The first-order valence-electron chi connectivity index (χ1n) is 4.65. The van der Waals surface area contributed by atoms with Gasteiger partial charge >= 0.3 is 0 Å². The molecule has 0 radical (unpaired) electrons. The molecule has 1 aromatic carbocycles. The molecule has 3 nitrogen and oxygen atoms in total. The topological polar surface area (TPSA) is 43.8 Å². The van der Waals surface area contributed by atoms with E-state index in [-0.39, 0.29) is 21.4 Å². The van der Waals surface area contributed by atoms with Crippen LogP contribution < -0.4 is 5.73 Å². The number of nitrogens with two attached hydrogens (primary N) is 1. The van der Waals surface area contributed by atoms with Crippen molar-refractivity contribution < 1.29 is 13.2 Å². The van der Waals surface area contributed by atoms with Crippen LogP contribution in [-0.4, -0.2) is 9.78 Å². The molecule has 0 aliphatic carbocycles. The van der Waals surface area contributed by atoms with Gasteiger partial charge in [0.25, 0.3) is 0 Å². The molecule has 96 valence electrons. The molecule has 0 aliphatic heterocycles. The van der Waals surface area contributed by atoms with Gasteiger partial charge in [0.15, 0.2) is 17.5 Å². The molecule has 2 N–H and O–H groups in total. The van der Waals surface area contributed by atoms with Crippen molar-refractivity contribution in [3.63, 3.8) is 0 Å². The normalized spacial score (nSPS) is 11.0. The third-order valence-corrected chi connectivity index (χ3v) is 3.54. The number of aryl methyl sites for hydroxylation is 1. The summed E-state index contributed by atoms with van der Waals surface area (Å²) in [5, 5.41) is 2.87. The van der Waals surface area contributed by atoms with E-state index in [4.69, 9.17) is 17.3 Å². The first-order chi connectivity index (χ1) is 8.36. The smallest absolute Gasteiger partial charge is 0.181 e. The number of aromatic nitrogens is 2. The van der Waals surface area contributed by atoms with E-state index in [1.54, 1.807) is 0 Å². The van der Waals surface area contributed by atoms with E-state index in [0.29, 0.717) is 0 Å². The molecule has 0 amide bonds. The number of nitrogen functional groups attached to an aromatic ring is 1. The molecule has 0 fully saturated rings. The molecule has 0 bridgehead atoms. The standard InChI is InChI=1S/C10H6BrClF3N3/c1-18-10(16)3(2-17-18)4-5(11)8(14)6(12)9(15)7(4)13/h2H,16H2,1H3. The highest BCUT2D eigenvalue weighted by atomic mass is 79.9. The molecule has 0 aliphatic rings. The Labute approximate surface area is 113 Å². The van der Waals surface area contributed by atoms with Crippen molar-refractivity contribution in [2.24, 2.45) is 7.05 Å². The van der Waals surface area contributed by atoms with Gasteiger partial charge in [0.05, 0.1) is 10.7 Å². The molecule has 8 heteroatoms.